The van der Waals surface area contributed by atoms with Gasteiger partial charge < -0.3 is 20.1 Å². The van der Waals surface area contributed by atoms with Crippen molar-refractivity contribution in [3.63, 3.8) is 0 Å². The van der Waals surface area contributed by atoms with Gasteiger partial charge in [0.1, 0.15) is 0 Å². The van der Waals surface area contributed by atoms with Gasteiger partial charge in [-0.25, -0.2) is 4.99 Å². The Bertz CT molecular complexity index is 702. The van der Waals surface area contributed by atoms with Crippen LogP contribution in [0.5, 0.6) is 11.5 Å². The number of benzene rings is 1. The van der Waals surface area contributed by atoms with Gasteiger partial charge in [0, 0.05) is 46.4 Å². The van der Waals surface area contributed by atoms with E-state index in [2.05, 4.69) is 17.6 Å². The highest BCUT2D eigenvalue weighted by Crippen LogP contribution is 2.33. The van der Waals surface area contributed by atoms with Crippen molar-refractivity contribution in [3.05, 3.63) is 23.8 Å². The molecule has 0 saturated heterocycles. The summed E-state index contributed by atoms with van der Waals surface area (Å²) >= 11 is 0. The van der Waals surface area contributed by atoms with Gasteiger partial charge >= 0.3 is 0 Å². The zero-order valence-corrected chi connectivity index (χ0v) is 20.6. The summed E-state index contributed by atoms with van der Waals surface area (Å²) in [5.41, 5.74) is 1.03. The molecule has 2 N–H and O–H groups in total. The minimum atomic E-state index is -0.720. The molecule has 0 amide bonds. The molecule has 0 spiro atoms. The largest absolute Gasteiger partial charge is 0.490 e. The van der Waals surface area contributed by atoms with E-state index in [1.54, 1.807) is 0 Å². The number of nitrogens with one attached hydrogen (secondary N) is 2. The maximum Gasteiger partial charge on any atom is 0.191 e. The third-order valence-electron chi connectivity index (χ3n) is 5.23. The van der Waals surface area contributed by atoms with E-state index in [4.69, 9.17) is 14.5 Å². The van der Waals surface area contributed by atoms with Crippen LogP contribution in [0.2, 0.25) is 0 Å². The van der Waals surface area contributed by atoms with Gasteiger partial charge in [0.05, 0.1) is 19.8 Å². The summed E-state index contributed by atoms with van der Waals surface area (Å²) in [6.07, 6.45) is 5.12. The fourth-order valence-corrected chi connectivity index (χ4v) is 5.15. The highest BCUT2D eigenvalue weighted by atomic mass is 127. The molecular formula is C21H34IN3O3S. The molecule has 6 nitrogen and oxygen atoms in total. The van der Waals surface area contributed by atoms with E-state index in [-0.39, 0.29) is 24.0 Å². The number of rotatable bonds is 6. The molecule has 2 aliphatic rings. The van der Waals surface area contributed by atoms with Gasteiger partial charge in [-0.3, -0.25) is 4.21 Å². The first kappa shape index (κ1) is 24.2. The van der Waals surface area contributed by atoms with E-state index < -0.39 is 10.8 Å². The van der Waals surface area contributed by atoms with E-state index in [0.717, 1.165) is 67.4 Å². The number of para-hydroxylation sites is 1. The van der Waals surface area contributed by atoms with E-state index in [1.165, 1.54) is 0 Å². The number of ether oxygens (including phenoxy) is 2. The Balaban J connectivity index is 0.00000300. The standard InChI is InChI=1S/C21H33N3O3S.HI/c1-3-22-21(24-17-9-6-10-18(14-17)28(25)4-2)23-15-16-8-5-11-19-20(16)27-13-7-12-26-19;/h5,8,11,17-18H,3-4,6-7,9-10,12-15H2,1-2H3,(H2,22,23,24);1H. The van der Waals surface area contributed by atoms with Crippen LogP contribution in [0.1, 0.15) is 51.5 Å². The quantitative estimate of drug-likeness (QED) is 0.331. The van der Waals surface area contributed by atoms with Crippen molar-refractivity contribution in [1.29, 1.82) is 0 Å². The molecule has 1 fully saturated rings. The van der Waals surface area contributed by atoms with Crippen molar-refractivity contribution in [2.24, 2.45) is 4.99 Å². The van der Waals surface area contributed by atoms with Gasteiger partial charge in [-0.1, -0.05) is 25.5 Å². The maximum atomic E-state index is 12.2. The van der Waals surface area contributed by atoms with Crippen LogP contribution in [-0.2, 0) is 17.3 Å². The summed E-state index contributed by atoms with van der Waals surface area (Å²) in [4.78, 5) is 4.79. The SMILES string of the molecule is CCNC(=NCc1cccc2c1OCCCO2)NC1CCCC(S(=O)CC)C1.I. The van der Waals surface area contributed by atoms with Crippen LogP contribution >= 0.6 is 24.0 Å². The molecule has 1 aromatic rings. The molecule has 8 heteroatoms. The summed E-state index contributed by atoms with van der Waals surface area (Å²) in [6.45, 7) is 6.76. The molecule has 0 aromatic heterocycles. The van der Waals surface area contributed by atoms with Crippen molar-refractivity contribution in [2.45, 2.75) is 63.8 Å². The van der Waals surface area contributed by atoms with E-state index in [0.29, 0.717) is 31.1 Å². The molecule has 3 atom stereocenters. The van der Waals surface area contributed by atoms with Crippen LogP contribution in [0.25, 0.3) is 0 Å². The Morgan fingerprint density at radius 1 is 1.21 bits per heavy atom. The number of hydrogen-bond acceptors (Lipinski definition) is 4. The van der Waals surface area contributed by atoms with Gasteiger partial charge in [0.25, 0.3) is 0 Å². The lowest BCUT2D eigenvalue weighted by molar-refractivity contribution is 0.296. The zero-order valence-electron chi connectivity index (χ0n) is 17.4. The number of fused-ring (bicyclic) bond motifs is 1. The number of hydrogen-bond donors (Lipinski definition) is 2. The molecule has 1 aliphatic carbocycles. The molecule has 1 heterocycles. The Hall–Kier alpha value is -1.03. The predicted molar refractivity (Wildman–Crippen MR) is 130 cm³/mol. The van der Waals surface area contributed by atoms with Gasteiger partial charge in [0.2, 0.25) is 0 Å². The van der Waals surface area contributed by atoms with Crippen LogP contribution in [-0.4, -0.2) is 47.0 Å². The first-order chi connectivity index (χ1) is 13.7. The van der Waals surface area contributed by atoms with E-state index >= 15 is 0 Å². The molecular weight excluding hydrogens is 501 g/mol. The fourth-order valence-electron chi connectivity index (χ4n) is 3.81. The summed E-state index contributed by atoms with van der Waals surface area (Å²) in [5.74, 6) is 3.17. The van der Waals surface area contributed by atoms with Crippen LogP contribution in [0, 0.1) is 0 Å². The van der Waals surface area contributed by atoms with Crippen LogP contribution in [0.15, 0.2) is 23.2 Å². The normalized spacial score (nSPS) is 22.8. The monoisotopic (exact) mass is 535 g/mol. The molecule has 0 radical (unpaired) electrons. The average molecular weight is 535 g/mol. The number of guanidine groups is 1. The number of nitrogens with zero attached hydrogens (tertiary/aromatic N) is 1. The maximum absolute atomic E-state index is 12.2. The molecule has 29 heavy (non-hydrogen) atoms. The highest BCUT2D eigenvalue weighted by molar-refractivity contribution is 14.0. The minimum Gasteiger partial charge on any atom is -0.490 e. The number of aliphatic imine (C=N–C) groups is 1. The molecule has 1 aliphatic heterocycles. The molecule has 164 valence electrons. The first-order valence-electron chi connectivity index (χ1n) is 10.5. The van der Waals surface area contributed by atoms with Crippen molar-refractivity contribution in [2.75, 3.05) is 25.5 Å². The van der Waals surface area contributed by atoms with Gasteiger partial charge in [0.15, 0.2) is 17.5 Å². The highest BCUT2D eigenvalue weighted by Gasteiger charge is 2.26. The van der Waals surface area contributed by atoms with E-state index in [1.807, 2.05) is 25.1 Å². The summed E-state index contributed by atoms with van der Waals surface area (Å²) in [5, 5.41) is 7.20. The summed E-state index contributed by atoms with van der Waals surface area (Å²) in [7, 11) is -0.720. The first-order valence-corrected chi connectivity index (χ1v) is 11.9. The molecule has 3 unspecified atom stereocenters. The van der Waals surface area contributed by atoms with Crippen molar-refractivity contribution in [3.8, 4) is 11.5 Å². The second-order valence-corrected chi connectivity index (χ2v) is 9.29. The molecule has 1 saturated carbocycles. The Kier molecular flexibility index (Phi) is 10.5. The second-order valence-electron chi connectivity index (χ2n) is 7.29. The fraction of sp³-hybridized carbons (Fsp3) is 0.667. The number of halogens is 1. The Labute approximate surface area is 194 Å². The zero-order chi connectivity index (χ0) is 19.8. The smallest absolute Gasteiger partial charge is 0.191 e. The van der Waals surface area contributed by atoms with Crippen molar-refractivity contribution in [1.82, 2.24) is 10.6 Å². The van der Waals surface area contributed by atoms with Crippen molar-refractivity contribution >= 4 is 40.7 Å². The van der Waals surface area contributed by atoms with Gasteiger partial charge in [-0.2, -0.15) is 0 Å². The molecule has 3 rings (SSSR count). The lowest BCUT2D eigenvalue weighted by Gasteiger charge is -2.30. The summed E-state index contributed by atoms with van der Waals surface area (Å²) in [6, 6.07) is 6.30. The molecule has 0 bridgehead atoms. The van der Waals surface area contributed by atoms with Crippen LogP contribution in [0.4, 0.5) is 0 Å². The Morgan fingerprint density at radius 3 is 2.83 bits per heavy atom. The Morgan fingerprint density at radius 2 is 2.03 bits per heavy atom. The second kappa shape index (κ2) is 12.6. The predicted octanol–water partition coefficient (Wildman–Crippen LogP) is 3.60. The van der Waals surface area contributed by atoms with Crippen molar-refractivity contribution < 1.29 is 13.7 Å². The lowest BCUT2D eigenvalue weighted by Crippen LogP contribution is -2.46. The van der Waals surface area contributed by atoms with Crippen LogP contribution in [0.3, 0.4) is 0 Å². The summed E-state index contributed by atoms with van der Waals surface area (Å²) < 4.78 is 23.9. The van der Waals surface area contributed by atoms with Crippen LogP contribution < -0.4 is 20.1 Å². The minimum absolute atomic E-state index is 0. The molecule has 1 aromatic carbocycles. The lowest BCUT2D eigenvalue weighted by atomic mass is 9.95. The third kappa shape index (κ3) is 7.01. The van der Waals surface area contributed by atoms with Gasteiger partial charge in [-0.05, 0) is 32.3 Å². The van der Waals surface area contributed by atoms with Gasteiger partial charge in [-0.15, -0.1) is 24.0 Å². The van der Waals surface area contributed by atoms with E-state index in [9.17, 15) is 4.21 Å². The average Bonchev–Trinajstić information content (AvgIpc) is 2.97. The topological polar surface area (TPSA) is 72.0 Å². The third-order valence-corrected chi connectivity index (χ3v) is 6.97.